The summed E-state index contributed by atoms with van der Waals surface area (Å²) in [6.07, 6.45) is 1.82. The third-order valence-corrected chi connectivity index (χ3v) is 4.98. The van der Waals surface area contributed by atoms with E-state index in [1.807, 2.05) is 30.0 Å². The minimum absolute atomic E-state index is 0.0684. The Balaban J connectivity index is 1.48. The van der Waals surface area contributed by atoms with E-state index in [2.05, 4.69) is 11.2 Å². The van der Waals surface area contributed by atoms with Gasteiger partial charge in [-0.05, 0) is 31.4 Å². The van der Waals surface area contributed by atoms with Gasteiger partial charge in [-0.2, -0.15) is 0 Å². The molecule has 1 unspecified atom stereocenters. The van der Waals surface area contributed by atoms with Gasteiger partial charge in [-0.1, -0.05) is 17.3 Å². The number of aryl methyl sites for hydroxylation is 2. The van der Waals surface area contributed by atoms with Crippen molar-refractivity contribution in [3.8, 4) is 5.75 Å². The minimum atomic E-state index is -0.0684. The first kappa shape index (κ1) is 14.3. The molecule has 4 rings (SSSR count). The lowest BCUT2D eigenvalue weighted by Gasteiger charge is -2.39. The van der Waals surface area contributed by atoms with E-state index in [1.165, 1.54) is 5.56 Å². The molecule has 2 heterocycles. The molecule has 0 N–H and O–H groups in total. The Labute approximate surface area is 135 Å². The summed E-state index contributed by atoms with van der Waals surface area (Å²) < 4.78 is 10.6. The van der Waals surface area contributed by atoms with Crippen molar-refractivity contribution in [3.63, 3.8) is 0 Å². The maximum absolute atomic E-state index is 12.9. The molecule has 1 aromatic heterocycles. The van der Waals surface area contributed by atoms with Crippen molar-refractivity contribution in [1.29, 1.82) is 0 Å². The average Bonchev–Trinajstić information content (AvgIpc) is 3.11. The zero-order chi connectivity index (χ0) is 16.0. The molecule has 0 radical (unpaired) electrons. The van der Waals surface area contributed by atoms with E-state index in [0.29, 0.717) is 5.92 Å². The highest BCUT2D eigenvalue weighted by Crippen LogP contribution is 2.42. The number of methoxy groups -OCH3 is 1. The van der Waals surface area contributed by atoms with E-state index in [1.54, 1.807) is 7.11 Å². The molecule has 1 saturated heterocycles. The fourth-order valence-electron chi connectivity index (χ4n) is 3.72. The van der Waals surface area contributed by atoms with Crippen LogP contribution in [-0.4, -0.2) is 36.2 Å². The Morgan fingerprint density at radius 1 is 1.39 bits per heavy atom. The molecule has 23 heavy (non-hydrogen) atoms. The van der Waals surface area contributed by atoms with Gasteiger partial charge in [0, 0.05) is 30.6 Å². The normalized spacial score (nSPS) is 20.3. The molecule has 0 bridgehead atoms. The zero-order valence-electron chi connectivity index (χ0n) is 13.4. The molecule has 2 aromatic rings. The van der Waals surface area contributed by atoms with Crippen LogP contribution in [0.5, 0.6) is 5.75 Å². The first-order valence-electron chi connectivity index (χ1n) is 8.05. The van der Waals surface area contributed by atoms with Gasteiger partial charge in [-0.3, -0.25) is 4.79 Å². The van der Waals surface area contributed by atoms with Crippen molar-refractivity contribution < 1.29 is 14.1 Å². The molecule has 1 amide bonds. The Hall–Kier alpha value is -2.30. The van der Waals surface area contributed by atoms with Crippen LogP contribution in [0.25, 0.3) is 0 Å². The molecule has 5 nitrogen and oxygen atoms in total. The van der Waals surface area contributed by atoms with Crippen LogP contribution in [0.4, 0.5) is 0 Å². The second-order valence-electron chi connectivity index (χ2n) is 6.43. The molecule has 1 aliphatic carbocycles. The van der Waals surface area contributed by atoms with E-state index in [-0.39, 0.29) is 11.8 Å². The maximum Gasteiger partial charge on any atom is 0.230 e. The summed E-state index contributed by atoms with van der Waals surface area (Å²) in [5.74, 6) is 2.10. The Morgan fingerprint density at radius 2 is 2.22 bits per heavy atom. The largest absolute Gasteiger partial charge is 0.496 e. The van der Waals surface area contributed by atoms with Gasteiger partial charge in [-0.25, -0.2) is 0 Å². The van der Waals surface area contributed by atoms with Gasteiger partial charge >= 0.3 is 0 Å². The smallest absolute Gasteiger partial charge is 0.230 e. The van der Waals surface area contributed by atoms with Crippen LogP contribution < -0.4 is 4.74 Å². The van der Waals surface area contributed by atoms with E-state index in [9.17, 15) is 4.79 Å². The van der Waals surface area contributed by atoms with Gasteiger partial charge in [0.05, 0.1) is 18.7 Å². The van der Waals surface area contributed by atoms with Gasteiger partial charge in [0.15, 0.2) is 0 Å². The SMILES string of the molecule is COc1cccc2c1C(C(=O)N1CC(c3cc(C)on3)C1)CC2. The number of ether oxygens (including phenoxy) is 1. The van der Waals surface area contributed by atoms with Crippen molar-refractivity contribution in [3.05, 3.63) is 46.8 Å². The van der Waals surface area contributed by atoms with Crippen molar-refractivity contribution in [1.82, 2.24) is 10.1 Å². The van der Waals surface area contributed by atoms with Crippen LogP contribution >= 0.6 is 0 Å². The summed E-state index contributed by atoms with van der Waals surface area (Å²) in [5.41, 5.74) is 3.28. The van der Waals surface area contributed by atoms with Crippen LogP contribution in [0.3, 0.4) is 0 Å². The van der Waals surface area contributed by atoms with E-state index < -0.39 is 0 Å². The molecule has 120 valence electrons. The predicted octanol–water partition coefficient (Wildman–Crippen LogP) is 2.65. The fraction of sp³-hybridized carbons (Fsp3) is 0.444. The Morgan fingerprint density at radius 3 is 2.91 bits per heavy atom. The summed E-state index contributed by atoms with van der Waals surface area (Å²) >= 11 is 0. The van der Waals surface area contributed by atoms with E-state index >= 15 is 0 Å². The molecule has 1 fully saturated rings. The van der Waals surface area contributed by atoms with Crippen LogP contribution in [-0.2, 0) is 11.2 Å². The lowest BCUT2D eigenvalue weighted by Crippen LogP contribution is -2.50. The number of likely N-dealkylation sites (tertiary alicyclic amines) is 1. The van der Waals surface area contributed by atoms with Crippen LogP contribution in [0.2, 0.25) is 0 Å². The van der Waals surface area contributed by atoms with Gasteiger partial charge in [0.1, 0.15) is 11.5 Å². The van der Waals surface area contributed by atoms with Gasteiger partial charge in [-0.15, -0.1) is 0 Å². The molecule has 1 aromatic carbocycles. The molecular formula is C18H20N2O3. The van der Waals surface area contributed by atoms with Crippen molar-refractivity contribution in [2.75, 3.05) is 20.2 Å². The first-order chi connectivity index (χ1) is 11.2. The number of hydrogen-bond acceptors (Lipinski definition) is 4. The summed E-state index contributed by atoms with van der Waals surface area (Å²) in [5, 5.41) is 4.06. The van der Waals surface area contributed by atoms with E-state index in [0.717, 1.165) is 48.7 Å². The summed E-state index contributed by atoms with van der Waals surface area (Å²) in [6, 6.07) is 8.00. The van der Waals surface area contributed by atoms with Crippen molar-refractivity contribution in [2.45, 2.75) is 31.6 Å². The average molecular weight is 312 g/mol. The monoisotopic (exact) mass is 312 g/mol. The second-order valence-corrected chi connectivity index (χ2v) is 6.43. The molecular weight excluding hydrogens is 292 g/mol. The third-order valence-electron chi connectivity index (χ3n) is 4.98. The van der Waals surface area contributed by atoms with Gasteiger partial charge < -0.3 is 14.2 Å². The maximum atomic E-state index is 12.9. The van der Waals surface area contributed by atoms with E-state index in [4.69, 9.17) is 9.26 Å². The molecule has 1 aliphatic heterocycles. The highest BCUT2D eigenvalue weighted by atomic mass is 16.5. The summed E-state index contributed by atoms with van der Waals surface area (Å²) in [6.45, 7) is 3.34. The zero-order valence-corrected chi connectivity index (χ0v) is 13.4. The summed E-state index contributed by atoms with van der Waals surface area (Å²) in [7, 11) is 1.67. The fourth-order valence-corrected chi connectivity index (χ4v) is 3.72. The number of carbonyl (C=O) groups excluding carboxylic acids is 1. The van der Waals surface area contributed by atoms with Crippen molar-refractivity contribution >= 4 is 5.91 Å². The number of hydrogen-bond donors (Lipinski definition) is 0. The number of fused-ring (bicyclic) bond motifs is 1. The predicted molar refractivity (Wildman–Crippen MR) is 84.6 cm³/mol. The lowest BCUT2D eigenvalue weighted by molar-refractivity contribution is -0.137. The third kappa shape index (κ3) is 2.31. The van der Waals surface area contributed by atoms with Crippen LogP contribution in [0.1, 0.15) is 40.8 Å². The topological polar surface area (TPSA) is 55.6 Å². The first-order valence-corrected chi connectivity index (χ1v) is 8.05. The van der Waals surface area contributed by atoms with Gasteiger partial charge in [0.25, 0.3) is 0 Å². The quantitative estimate of drug-likeness (QED) is 0.874. The standard InChI is InChI=1S/C18H20N2O3/c1-11-8-15(19-23-11)13-9-20(10-13)18(21)14-7-6-12-4-3-5-16(22-2)17(12)14/h3-5,8,13-14H,6-7,9-10H2,1-2H3. The molecule has 0 saturated carbocycles. The summed E-state index contributed by atoms with van der Waals surface area (Å²) in [4.78, 5) is 14.8. The van der Waals surface area contributed by atoms with Crippen LogP contribution in [0, 0.1) is 6.92 Å². The lowest BCUT2D eigenvalue weighted by atomic mass is 9.92. The second kappa shape index (κ2) is 5.41. The van der Waals surface area contributed by atoms with Gasteiger partial charge in [0.2, 0.25) is 5.91 Å². The Bertz CT molecular complexity index is 746. The number of carbonyl (C=O) groups is 1. The number of aromatic nitrogens is 1. The highest BCUT2D eigenvalue weighted by molar-refractivity contribution is 5.86. The highest BCUT2D eigenvalue weighted by Gasteiger charge is 2.40. The number of nitrogens with zero attached hydrogens (tertiary/aromatic N) is 2. The Kier molecular flexibility index (Phi) is 3.36. The molecule has 1 atom stereocenters. The number of amides is 1. The van der Waals surface area contributed by atoms with Crippen molar-refractivity contribution in [2.24, 2.45) is 0 Å². The minimum Gasteiger partial charge on any atom is -0.496 e. The molecule has 0 spiro atoms. The number of rotatable bonds is 3. The molecule has 2 aliphatic rings. The van der Waals surface area contributed by atoms with Crippen LogP contribution in [0.15, 0.2) is 28.8 Å². The number of benzene rings is 1. The molecule has 5 heteroatoms.